The van der Waals surface area contributed by atoms with Crippen LogP contribution in [-0.2, 0) is 9.59 Å². The summed E-state index contributed by atoms with van der Waals surface area (Å²) >= 11 is 0. The molecular weight excluding hydrogens is 122 g/mol. The summed E-state index contributed by atoms with van der Waals surface area (Å²) in [6.45, 7) is 4.17. The van der Waals surface area contributed by atoms with E-state index in [1.54, 1.807) is 0 Å². The van der Waals surface area contributed by atoms with Crippen LogP contribution in [-0.4, -0.2) is 17.0 Å². The maximum Gasteiger partial charge on any atom is 0.300 e. The van der Waals surface area contributed by atoms with Crippen LogP contribution in [0.15, 0.2) is 12.7 Å². The Morgan fingerprint density at radius 1 is 1.67 bits per heavy atom. The van der Waals surface area contributed by atoms with Crippen LogP contribution in [0, 0.1) is 0 Å². The maximum absolute atomic E-state index is 9.47. The van der Waals surface area contributed by atoms with Gasteiger partial charge in [0.25, 0.3) is 5.97 Å². The number of amides is 1. The molecule has 0 saturated carbocycles. The summed E-state index contributed by atoms with van der Waals surface area (Å²) in [5, 5.41) is 7.42. The molecule has 0 fully saturated rings. The number of carbonyl (C=O) groups excluding carboxylic acids is 1. The molecular formula is C5H9NO3. The molecule has 3 N–H and O–H groups in total. The van der Waals surface area contributed by atoms with Crippen molar-refractivity contribution in [3.8, 4) is 0 Å². The number of hydrogen-bond acceptors (Lipinski definition) is 2. The van der Waals surface area contributed by atoms with Crippen LogP contribution in [0.1, 0.15) is 6.92 Å². The first kappa shape index (κ1) is 10.6. The summed E-state index contributed by atoms with van der Waals surface area (Å²) in [7, 11) is 0. The first-order chi connectivity index (χ1) is 4.00. The largest absolute Gasteiger partial charge is 0.481 e. The molecule has 0 heterocycles. The lowest BCUT2D eigenvalue weighted by atomic mass is 10.6. The zero-order valence-corrected chi connectivity index (χ0v) is 5.13. The average Bonchev–Trinajstić information content (AvgIpc) is 1.65. The summed E-state index contributed by atoms with van der Waals surface area (Å²) in [6.07, 6.45) is 1.06. The van der Waals surface area contributed by atoms with Crippen molar-refractivity contribution < 1.29 is 14.7 Å². The topological polar surface area (TPSA) is 80.4 Å². The minimum Gasteiger partial charge on any atom is -0.481 e. The Labute approximate surface area is 53.0 Å². The van der Waals surface area contributed by atoms with Crippen molar-refractivity contribution in [2.45, 2.75) is 6.92 Å². The second-order valence-corrected chi connectivity index (χ2v) is 1.13. The summed E-state index contributed by atoms with van der Waals surface area (Å²) in [4.78, 5) is 18.5. The normalized spacial score (nSPS) is 6.33. The number of rotatable bonds is 1. The van der Waals surface area contributed by atoms with Gasteiger partial charge in [0.2, 0.25) is 5.91 Å². The third kappa shape index (κ3) is 316. The van der Waals surface area contributed by atoms with E-state index >= 15 is 0 Å². The van der Waals surface area contributed by atoms with Gasteiger partial charge in [-0.15, -0.1) is 0 Å². The molecule has 0 rings (SSSR count). The van der Waals surface area contributed by atoms with E-state index in [2.05, 4.69) is 12.3 Å². The maximum atomic E-state index is 9.47. The highest BCUT2D eigenvalue weighted by molar-refractivity contribution is 5.84. The first-order valence-electron chi connectivity index (χ1n) is 2.12. The Morgan fingerprint density at radius 3 is 1.78 bits per heavy atom. The highest BCUT2D eigenvalue weighted by Gasteiger charge is 1.69. The number of aliphatic carboxylic acids is 1. The van der Waals surface area contributed by atoms with Gasteiger partial charge in [-0.1, -0.05) is 6.58 Å². The molecule has 0 spiro atoms. The number of nitrogens with two attached hydrogens (primary N) is 1. The highest BCUT2D eigenvalue weighted by atomic mass is 16.4. The molecule has 0 aromatic heterocycles. The van der Waals surface area contributed by atoms with Gasteiger partial charge < -0.3 is 10.8 Å². The quantitative estimate of drug-likeness (QED) is 0.481. The summed E-state index contributed by atoms with van der Waals surface area (Å²) in [5.74, 6) is -1.31. The molecule has 1 amide bonds. The molecule has 0 aliphatic carbocycles. The predicted molar refractivity (Wildman–Crippen MR) is 32.7 cm³/mol. The number of carbonyl (C=O) groups is 2. The van der Waals surface area contributed by atoms with Crippen LogP contribution >= 0.6 is 0 Å². The monoisotopic (exact) mass is 131 g/mol. The molecule has 4 nitrogen and oxygen atoms in total. The fraction of sp³-hybridized carbons (Fsp3) is 0.200. The van der Waals surface area contributed by atoms with Crippen molar-refractivity contribution >= 4 is 11.9 Å². The average molecular weight is 131 g/mol. The number of hydrogen-bond donors (Lipinski definition) is 2. The summed E-state index contributed by atoms with van der Waals surface area (Å²) in [6, 6.07) is 0. The van der Waals surface area contributed by atoms with Gasteiger partial charge in [0.05, 0.1) is 0 Å². The van der Waals surface area contributed by atoms with Gasteiger partial charge in [0, 0.05) is 6.92 Å². The van der Waals surface area contributed by atoms with Gasteiger partial charge in [-0.05, 0) is 6.08 Å². The summed E-state index contributed by atoms with van der Waals surface area (Å²) < 4.78 is 0. The minimum atomic E-state index is -0.833. The zero-order valence-electron chi connectivity index (χ0n) is 5.13. The smallest absolute Gasteiger partial charge is 0.300 e. The number of carboxylic acid groups (broad SMARTS) is 1. The minimum absolute atomic E-state index is 0.481. The van der Waals surface area contributed by atoms with E-state index in [1.165, 1.54) is 0 Å². The molecule has 0 saturated heterocycles. The Bertz CT molecular complexity index is 115. The molecule has 0 aromatic rings. The van der Waals surface area contributed by atoms with Gasteiger partial charge in [-0.2, -0.15) is 0 Å². The number of primary amides is 1. The third-order valence-electron chi connectivity index (χ3n) is 0.201. The van der Waals surface area contributed by atoms with Crippen LogP contribution in [0.25, 0.3) is 0 Å². The second-order valence-electron chi connectivity index (χ2n) is 1.13. The summed E-state index contributed by atoms with van der Waals surface area (Å²) in [5.41, 5.74) is 4.53. The van der Waals surface area contributed by atoms with E-state index in [1.807, 2.05) is 0 Å². The van der Waals surface area contributed by atoms with E-state index in [9.17, 15) is 4.79 Å². The van der Waals surface area contributed by atoms with E-state index in [0.29, 0.717) is 0 Å². The highest BCUT2D eigenvalue weighted by Crippen LogP contribution is 1.48. The predicted octanol–water partition coefficient (Wildman–Crippen LogP) is -0.251. The van der Waals surface area contributed by atoms with Gasteiger partial charge >= 0.3 is 0 Å². The van der Waals surface area contributed by atoms with Crippen molar-refractivity contribution in [2.75, 3.05) is 0 Å². The van der Waals surface area contributed by atoms with Crippen molar-refractivity contribution in [3.05, 3.63) is 12.7 Å². The second kappa shape index (κ2) is 6.68. The molecule has 0 aliphatic heterocycles. The van der Waals surface area contributed by atoms with Crippen molar-refractivity contribution in [3.63, 3.8) is 0 Å². The lowest BCUT2D eigenvalue weighted by molar-refractivity contribution is -0.134. The SMILES string of the molecule is C=CC(N)=O.CC(=O)O. The molecule has 0 atom stereocenters. The van der Waals surface area contributed by atoms with Crippen molar-refractivity contribution in [1.29, 1.82) is 0 Å². The van der Waals surface area contributed by atoms with Crippen molar-refractivity contribution in [1.82, 2.24) is 0 Å². The molecule has 0 bridgehead atoms. The van der Waals surface area contributed by atoms with Gasteiger partial charge in [0.1, 0.15) is 0 Å². The Kier molecular flexibility index (Phi) is 7.88. The fourth-order valence-corrected chi connectivity index (χ4v) is 0. The third-order valence-corrected chi connectivity index (χ3v) is 0.201. The molecule has 52 valence electrons. The molecule has 0 aliphatic rings. The molecule has 0 aromatic carbocycles. The van der Waals surface area contributed by atoms with Gasteiger partial charge in [0.15, 0.2) is 0 Å². The van der Waals surface area contributed by atoms with Crippen molar-refractivity contribution in [2.24, 2.45) is 5.73 Å². The fourth-order valence-electron chi connectivity index (χ4n) is 0. The van der Waals surface area contributed by atoms with Crippen LogP contribution in [0.3, 0.4) is 0 Å². The Balaban J connectivity index is 0. The molecule has 0 unspecified atom stereocenters. The molecule has 4 heteroatoms. The Morgan fingerprint density at radius 2 is 1.78 bits per heavy atom. The van der Waals surface area contributed by atoms with Crippen LogP contribution in [0.5, 0.6) is 0 Å². The van der Waals surface area contributed by atoms with Gasteiger partial charge in [-0.25, -0.2) is 0 Å². The lowest BCUT2D eigenvalue weighted by Gasteiger charge is -1.65. The van der Waals surface area contributed by atoms with E-state index in [0.717, 1.165) is 13.0 Å². The number of carboxylic acids is 1. The van der Waals surface area contributed by atoms with E-state index in [4.69, 9.17) is 9.90 Å². The molecule has 0 radical (unpaired) electrons. The zero-order chi connectivity index (χ0) is 7.86. The lowest BCUT2D eigenvalue weighted by Crippen LogP contribution is -2.04. The van der Waals surface area contributed by atoms with E-state index in [-0.39, 0.29) is 0 Å². The standard InChI is InChI=1S/C3H5NO.C2H4O2/c1-2-3(4)5;1-2(3)4/h2H,1H2,(H2,4,5);1H3,(H,3,4). The van der Waals surface area contributed by atoms with Gasteiger partial charge in [-0.3, -0.25) is 9.59 Å². The van der Waals surface area contributed by atoms with Crippen LogP contribution in [0.4, 0.5) is 0 Å². The van der Waals surface area contributed by atoms with Crippen LogP contribution in [0.2, 0.25) is 0 Å². The first-order valence-corrected chi connectivity index (χ1v) is 2.12. The molecule has 9 heavy (non-hydrogen) atoms. The van der Waals surface area contributed by atoms with E-state index < -0.39 is 11.9 Å². The Hall–Kier alpha value is -1.32. The van der Waals surface area contributed by atoms with Crippen LogP contribution < -0.4 is 5.73 Å².